The van der Waals surface area contributed by atoms with E-state index in [9.17, 15) is 9.00 Å². The fraction of sp³-hybridized carbons (Fsp3) is 0.900. The molecule has 15 heavy (non-hydrogen) atoms. The van der Waals surface area contributed by atoms with E-state index in [1.54, 1.807) is 0 Å². The van der Waals surface area contributed by atoms with Crippen LogP contribution in [0, 0.1) is 0 Å². The predicted molar refractivity (Wildman–Crippen MR) is 58.1 cm³/mol. The molecular weight excluding hydrogens is 216 g/mol. The summed E-state index contributed by atoms with van der Waals surface area (Å²) in [5, 5.41) is 0.0546. The Kier molecular flexibility index (Phi) is 5.25. The topological polar surface area (TPSA) is 52.6 Å². The normalized spacial score (nSPS) is 22.0. The molecule has 0 amide bonds. The van der Waals surface area contributed by atoms with Crippen molar-refractivity contribution in [2.45, 2.75) is 36.7 Å². The van der Waals surface area contributed by atoms with Crippen LogP contribution in [0.5, 0.6) is 0 Å². The average molecular weight is 234 g/mol. The van der Waals surface area contributed by atoms with E-state index >= 15 is 0 Å². The Morgan fingerprint density at radius 3 is 2.67 bits per heavy atom. The zero-order chi connectivity index (χ0) is 11.3. The number of hydrogen-bond acceptors (Lipinski definition) is 4. The van der Waals surface area contributed by atoms with Crippen LogP contribution >= 0.6 is 0 Å². The van der Waals surface area contributed by atoms with E-state index in [0.717, 1.165) is 12.8 Å². The molecule has 1 aliphatic heterocycles. The van der Waals surface area contributed by atoms with Gasteiger partial charge >= 0.3 is 5.97 Å². The van der Waals surface area contributed by atoms with Gasteiger partial charge in [0.2, 0.25) is 0 Å². The molecule has 0 spiro atoms. The maximum Gasteiger partial charge on any atom is 0.306 e. The van der Waals surface area contributed by atoms with Gasteiger partial charge in [0, 0.05) is 34.5 Å². The molecule has 0 bridgehead atoms. The van der Waals surface area contributed by atoms with Crippen molar-refractivity contribution >= 4 is 16.8 Å². The number of carbonyl (C=O) groups excluding carboxylic acids is 1. The molecule has 1 aliphatic rings. The number of rotatable bonds is 4. The van der Waals surface area contributed by atoms with Gasteiger partial charge in [-0.05, 0) is 12.8 Å². The van der Waals surface area contributed by atoms with Gasteiger partial charge in [-0.1, -0.05) is 6.92 Å². The molecule has 2 atom stereocenters. The van der Waals surface area contributed by atoms with E-state index in [1.807, 2.05) is 6.92 Å². The van der Waals surface area contributed by atoms with Crippen LogP contribution < -0.4 is 0 Å². The molecule has 1 heterocycles. The zero-order valence-electron chi connectivity index (χ0n) is 9.23. The summed E-state index contributed by atoms with van der Waals surface area (Å²) in [5.74, 6) is -0.289. The number of esters is 1. The van der Waals surface area contributed by atoms with Gasteiger partial charge < -0.3 is 9.47 Å². The minimum Gasteiger partial charge on any atom is -0.469 e. The van der Waals surface area contributed by atoms with Gasteiger partial charge in [-0.2, -0.15) is 0 Å². The van der Waals surface area contributed by atoms with E-state index in [2.05, 4.69) is 4.74 Å². The molecule has 0 aromatic heterocycles. The van der Waals surface area contributed by atoms with E-state index in [0.29, 0.717) is 13.2 Å². The third-order valence-corrected chi connectivity index (χ3v) is 4.66. The SMILES string of the molecule is COC(=O)CC(C)S(=O)C1CCOCC1. The lowest BCUT2D eigenvalue weighted by atomic mass is 10.2. The Bertz CT molecular complexity index is 236. The Morgan fingerprint density at radius 2 is 2.13 bits per heavy atom. The summed E-state index contributed by atoms with van der Waals surface area (Å²) >= 11 is 0. The molecule has 2 unspecified atom stereocenters. The summed E-state index contributed by atoms with van der Waals surface area (Å²) in [6.45, 7) is 3.20. The second kappa shape index (κ2) is 6.23. The quantitative estimate of drug-likeness (QED) is 0.677. The first kappa shape index (κ1) is 12.6. The number of methoxy groups -OCH3 is 1. The fourth-order valence-electron chi connectivity index (χ4n) is 1.64. The van der Waals surface area contributed by atoms with Crippen molar-refractivity contribution in [3.05, 3.63) is 0 Å². The Balaban J connectivity index is 2.40. The van der Waals surface area contributed by atoms with Crippen molar-refractivity contribution < 1.29 is 18.5 Å². The molecule has 1 fully saturated rings. The van der Waals surface area contributed by atoms with Crippen LogP contribution in [-0.2, 0) is 25.1 Å². The van der Waals surface area contributed by atoms with Gasteiger partial charge in [-0.25, -0.2) is 0 Å². The summed E-state index contributed by atoms with van der Waals surface area (Å²) in [6.07, 6.45) is 1.90. The molecule has 0 N–H and O–H groups in total. The molecule has 1 rings (SSSR count). The van der Waals surface area contributed by atoms with Crippen molar-refractivity contribution in [2.75, 3.05) is 20.3 Å². The lowest BCUT2D eigenvalue weighted by molar-refractivity contribution is -0.140. The highest BCUT2D eigenvalue weighted by Gasteiger charge is 2.25. The van der Waals surface area contributed by atoms with E-state index in [1.165, 1.54) is 7.11 Å². The Labute approximate surface area is 92.8 Å². The molecular formula is C10H18O4S. The maximum absolute atomic E-state index is 12.0. The van der Waals surface area contributed by atoms with Crippen molar-refractivity contribution in [3.8, 4) is 0 Å². The van der Waals surface area contributed by atoms with Crippen LogP contribution in [0.1, 0.15) is 26.2 Å². The molecule has 1 saturated heterocycles. The molecule has 0 saturated carbocycles. The molecule has 4 nitrogen and oxygen atoms in total. The highest BCUT2D eigenvalue weighted by molar-refractivity contribution is 7.86. The first-order valence-corrected chi connectivity index (χ1v) is 6.46. The highest BCUT2D eigenvalue weighted by Crippen LogP contribution is 2.18. The lowest BCUT2D eigenvalue weighted by Crippen LogP contribution is -2.31. The van der Waals surface area contributed by atoms with Gasteiger partial charge in [0.15, 0.2) is 0 Å². The van der Waals surface area contributed by atoms with Crippen LogP contribution in [0.3, 0.4) is 0 Å². The smallest absolute Gasteiger partial charge is 0.306 e. The number of carbonyl (C=O) groups is 1. The van der Waals surface area contributed by atoms with Crippen LogP contribution in [0.2, 0.25) is 0 Å². The third-order valence-electron chi connectivity index (χ3n) is 2.58. The second-order valence-corrected chi connectivity index (χ2v) is 5.86. The molecule has 0 radical (unpaired) electrons. The van der Waals surface area contributed by atoms with Crippen LogP contribution in [0.4, 0.5) is 0 Å². The summed E-state index contributed by atoms with van der Waals surface area (Å²) in [4.78, 5) is 11.0. The van der Waals surface area contributed by atoms with Crippen molar-refractivity contribution in [1.82, 2.24) is 0 Å². The standard InChI is InChI=1S/C10H18O4S/c1-8(7-10(11)13-2)15(12)9-3-5-14-6-4-9/h8-9H,3-7H2,1-2H3. The minimum atomic E-state index is -0.954. The summed E-state index contributed by atoms with van der Waals surface area (Å²) in [6, 6.07) is 0. The molecule has 5 heteroatoms. The first-order chi connectivity index (χ1) is 7.15. The average Bonchev–Trinajstić information content (AvgIpc) is 2.29. The summed E-state index contributed by atoms with van der Waals surface area (Å²) in [5.41, 5.74) is 0. The van der Waals surface area contributed by atoms with Crippen molar-refractivity contribution in [3.63, 3.8) is 0 Å². The van der Waals surface area contributed by atoms with Crippen LogP contribution in [0.15, 0.2) is 0 Å². The number of hydrogen-bond donors (Lipinski definition) is 0. The lowest BCUT2D eigenvalue weighted by Gasteiger charge is -2.24. The van der Waals surface area contributed by atoms with Gasteiger partial charge in [-0.3, -0.25) is 9.00 Å². The largest absolute Gasteiger partial charge is 0.469 e. The first-order valence-electron chi connectivity index (χ1n) is 5.19. The molecule has 88 valence electrons. The minimum absolute atomic E-state index is 0.124. The third kappa shape index (κ3) is 3.91. The molecule has 0 aromatic carbocycles. The Morgan fingerprint density at radius 1 is 1.53 bits per heavy atom. The molecule has 0 aromatic rings. The van der Waals surface area contributed by atoms with Gasteiger partial charge in [0.1, 0.15) is 0 Å². The van der Waals surface area contributed by atoms with Crippen LogP contribution in [0.25, 0.3) is 0 Å². The summed E-state index contributed by atoms with van der Waals surface area (Å²) < 4.78 is 21.8. The van der Waals surface area contributed by atoms with Crippen molar-refractivity contribution in [1.29, 1.82) is 0 Å². The van der Waals surface area contributed by atoms with Gasteiger partial charge in [-0.15, -0.1) is 0 Å². The fourth-order valence-corrected chi connectivity index (χ4v) is 3.25. The van der Waals surface area contributed by atoms with Gasteiger partial charge in [0.05, 0.1) is 13.5 Å². The van der Waals surface area contributed by atoms with E-state index < -0.39 is 10.8 Å². The predicted octanol–water partition coefficient (Wildman–Crippen LogP) is 0.866. The van der Waals surface area contributed by atoms with Gasteiger partial charge in [0.25, 0.3) is 0 Å². The van der Waals surface area contributed by atoms with Crippen LogP contribution in [-0.4, -0.2) is 41.0 Å². The van der Waals surface area contributed by atoms with E-state index in [-0.39, 0.29) is 22.9 Å². The number of ether oxygens (including phenoxy) is 2. The molecule has 0 aliphatic carbocycles. The van der Waals surface area contributed by atoms with E-state index in [4.69, 9.17) is 4.74 Å². The zero-order valence-corrected chi connectivity index (χ0v) is 10.0. The second-order valence-electron chi connectivity index (χ2n) is 3.73. The maximum atomic E-state index is 12.0. The monoisotopic (exact) mass is 234 g/mol. The summed E-state index contributed by atoms with van der Waals surface area (Å²) in [7, 11) is 0.399. The highest BCUT2D eigenvalue weighted by atomic mass is 32.2. The Hall–Kier alpha value is -0.420. The van der Waals surface area contributed by atoms with Crippen molar-refractivity contribution in [2.24, 2.45) is 0 Å².